The van der Waals surface area contributed by atoms with Gasteiger partial charge in [-0.05, 0) is 47.5 Å². The van der Waals surface area contributed by atoms with Crippen molar-refractivity contribution in [2.45, 2.75) is 26.3 Å². The lowest BCUT2D eigenvalue weighted by Gasteiger charge is -2.42. The molecular weight excluding hydrogens is 413 g/mol. The predicted octanol–water partition coefficient (Wildman–Crippen LogP) is 3.76. The molecule has 0 aliphatic carbocycles. The summed E-state index contributed by atoms with van der Waals surface area (Å²) in [4.78, 5) is 20.3. The maximum atomic E-state index is 13.3. The first-order valence-corrected chi connectivity index (χ1v) is 10.0. The Labute approximate surface area is 179 Å². The topological polar surface area (TPSA) is 77.0 Å². The van der Waals surface area contributed by atoms with Gasteiger partial charge in [-0.2, -0.15) is 0 Å². The van der Waals surface area contributed by atoms with Crippen molar-refractivity contribution in [2.24, 2.45) is 11.1 Å². The zero-order chi connectivity index (χ0) is 19.9. The van der Waals surface area contributed by atoms with Crippen LogP contribution < -0.4 is 5.73 Å². The second-order valence-corrected chi connectivity index (χ2v) is 8.68. The highest BCUT2D eigenvalue weighted by Crippen LogP contribution is 2.30. The van der Waals surface area contributed by atoms with E-state index in [0.717, 1.165) is 11.3 Å². The Balaban J connectivity index is 0.00000240. The first kappa shape index (κ1) is 21.4. The van der Waals surface area contributed by atoms with Crippen LogP contribution in [0.2, 0.25) is 0 Å². The number of carbonyl (C=O) groups excluding carboxylic acids is 1. The van der Waals surface area contributed by atoms with Gasteiger partial charge < -0.3 is 10.6 Å². The third-order valence-corrected chi connectivity index (χ3v) is 6.08. The van der Waals surface area contributed by atoms with E-state index in [1.807, 2.05) is 17.5 Å². The molecule has 1 atom stereocenters. The molecule has 0 spiro atoms. The van der Waals surface area contributed by atoms with Crippen molar-refractivity contribution in [3.63, 3.8) is 0 Å². The molecule has 0 radical (unpaired) electrons. The Bertz CT molecular complexity index is 987. The van der Waals surface area contributed by atoms with Crippen molar-refractivity contribution in [1.82, 2.24) is 19.7 Å². The van der Waals surface area contributed by atoms with Crippen LogP contribution in [0.5, 0.6) is 0 Å². The van der Waals surface area contributed by atoms with Gasteiger partial charge in [0.05, 0.1) is 10.6 Å². The highest BCUT2D eigenvalue weighted by atomic mass is 35.5. The van der Waals surface area contributed by atoms with E-state index < -0.39 is 0 Å². The van der Waals surface area contributed by atoms with Crippen LogP contribution in [0, 0.1) is 11.2 Å². The van der Waals surface area contributed by atoms with Crippen molar-refractivity contribution < 1.29 is 9.18 Å². The summed E-state index contributed by atoms with van der Waals surface area (Å²) in [5.41, 5.74) is 6.68. The minimum Gasteiger partial charge on any atom is -0.335 e. The molecule has 1 amide bonds. The van der Waals surface area contributed by atoms with Gasteiger partial charge in [0.2, 0.25) is 5.82 Å². The number of amides is 1. The molecule has 29 heavy (non-hydrogen) atoms. The second-order valence-electron chi connectivity index (χ2n) is 7.73. The standard InChI is InChI=1S/C20H22FN5OS.ClH/c1-20(2)12-25(10-9-16(20)22)19(27)17-23-18(15-4-3-11-28-15)26(24-17)14-7-5-13(21)6-8-14;/h3-8,11,16H,9-10,12,22H2,1-2H3;1H. The van der Waals surface area contributed by atoms with Gasteiger partial charge in [-0.25, -0.2) is 14.1 Å². The average Bonchev–Trinajstić information content (AvgIpc) is 3.33. The lowest BCUT2D eigenvalue weighted by atomic mass is 9.79. The monoisotopic (exact) mass is 435 g/mol. The van der Waals surface area contributed by atoms with Crippen molar-refractivity contribution in [3.05, 3.63) is 53.4 Å². The maximum Gasteiger partial charge on any atom is 0.293 e. The minimum atomic E-state index is -0.329. The quantitative estimate of drug-likeness (QED) is 0.679. The summed E-state index contributed by atoms with van der Waals surface area (Å²) in [6.45, 7) is 5.28. The number of nitrogens with two attached hydrogens (primary N) is 1. The number of aromatic nitrogens is 3. The highest BCUT2D eigenvalue weighted by Gasteiger charge is 2.37. The minimum absolute atomic E-state index is 0. The number of halogens is 2. The fourth-order valence-corrected chi connectivity index (χ4v) is 4.12. The molecule has 2 N–H and O–H groups in total. The molecule has 3 heterocycles. The molecule has 9 heteroatoms. The Morgan fingerprint density at radius 3 is 2.62 bits per heavy atom. The molecule has 6 nitrogen and oxygen atoms in total. The van der Waals surface area contributed by atoms with Gasteiger partial charge in [0.1, 0.15) is 5.82 Å². The van der Waals surface area contributed by atoms with Gasteiger partial charge in [0.15, 0.2) is 5.82 Å². The van der Waals surface area contributed by atoms with Gasteiger partial charge in [0, 0.05) is 19.1 Å². The molecule has 1 aromatic carbocycles. The summed E-state index contributed by atoms with van der Waals surface area (Å²) in [7, 11) is 0. The van der Waals surface area contributed by atoms with E-state index in [2.05, 4.69) is 23.9 Å². The number of likely N-dealkylation sites (tertiary alicyclic amines) is 1. The lowest BCUT2D eigenvalue weighted by molar-refractivity contribution is 0.0521. The summed E-state index contributed by atoms with van der Waals surface area (Å²) in [5, 5.41) is 6.41. The second kappa shape index (κ2) is 8.22. The first-order chi connectivity index (χ1) is 13.3. The summed E-state index contributed by atoms with van der Waals surface area (Å²) >= 11 is 1.51. The smallest absolute Gasteiger partial charge is 0.293 e. The van der Waals surface area contributed by atoms with Gasteiger partial charge in [-0.1, -0.05) is 19.9 Å². The molecule has 1 unspecified atom stereocenters. The summed E-state index contributed by atoms with van der Waals surface area (Å²) in [6, 6.07) is 9.88. The molecule has 3 aromatic rings. The average molecular weight is 436 g/mol. The molecule has 0 bridgehead atoms. The van der Waals surface area contributed by atoms with Crippen molar-refractivity contribution in [2.75, 3.05) is 13.1 Å². The van der Waals surface area contributed by atoms with Gasteiger partial charge in [0.25, 0.3) is 5.91 Å². The number of piperidine rings is 1. The van der Waals surface area contributed by atoms with Crippen molar-refractivity contribution >= 4 is 29.7 Å². The van der Waals surface area contributed by atoms with Crippen LogP contribution >= 0.6 is 23.7 Å². The van der Waals surface area contributed by atoms with Crippen LogP contribution in [-0.4, -0.2) is 44.7 Å². The lowest BCUT2D eigenvalue weighted by Crippen LogP contribution is -2.54. The number of thiophene rings is 1. The zero-order valence-corrected chi connectivity index (χ0v) is 17.8. The van der Waals surface area contributed by atoms with E-state index in [0.29, 0.717) is 24.6 Å². The van der Waals surface area contributed by atoms with Gasteiger partial charge >= 0.3 is 0 Å². The van der Waals surface area contributed by atoms with E-state index in [4.69, 9.17) is 5.73 Å². The van der Waals surface area contributed by atoms with E-state index in [-0.39, 0.29) is 41.4 Å². The third kappa shape index (κ3) is 4.19. The Kier molecular flexibility index (Phi) is 6.07. The fraction of sp³-hybridized carbons (Fsp3) is 0.350. The normalized spacial score (nSPS) is 18.3. The molecule has 2 aromatic heterocycles. The molecule has 4 rings (SSSR count). The van der Waals surface area contributed by atoms with Crippen LogP contribution in [0.25, 0.3) is 16.4 Å². The SMILES string of the molecule is CC1(C)CN(C(=O)c2nc(-c3cccs3)n(-c3ccc(F)cc3)n2)CCC1N.Cl. The van der Waals surface area contributed by atoms with Crippen LogP contribution in [0.1, 0.15) is 30.9 Å². The number of rotatable bonds is 3. The molecule has 154 valence electrons. The summed E-state index contributed by atoms with van der Waals surface area (Å²) in [6.07, 6.45) is 0.745. The van der Waals surface area contributed by atoms with Crippen LogP contribution in [0.15, 0.2) is 41.8 Å². The number of hydrogen-bond acceptors (Lipinski definition) is 5. The van der Waals surface area contributed by atoms with Crippen molar-refractivity contribution in [3.8, 4) is 16.4 Å². The summed E-state index contributed by atoms with van der Waals surface area (Å²) in [5.74, 6) is 0.167. The molecule has 1 fully saturated rings. The maximum absolute atomic E-state index is 13.3. The zero-order valence-electron chi connectivity index (χ0n) is 16.2. The molecule has 0 saturated carbocycles. The van der Waals surface area contributed by atoms with Crippen molar-refractivity contribution in [1.29, 1.82) is 0 Å². The number of nitrogens with zero attached hydrogens (tertiary/aromatic N) is 4. The number of benzene rings is 1. The largest absolute Gasteiger partial charge is 0.335 e. The number of carbonyl (C=O) groups is 1. The Morgan fingerprint density at radius 1 is 1.28 bits per heavy atom. The highest BCUT2D eigenvalue weighted by molar-refractivity contribution is 7.13. The van der Waals surface area contributed by atoms with E-state index in [1.165, 1.54) is 23.5 Å². The van der Waals surface area contributed by atoms with E-state index >= 15 is 0 Å². The molecule has 1 saturated heterocycles. The van der Waals surface area contributed by atoms with Gasteiger partial charge in [-0.3, -0.25) is 4.79 Å². The van der Waals surface area contributed by atoms with Crippen LogP contribution in [0.3, 0.4) is 0 Å². The van der Waals surface area contributed by atoms with Crippen LogP contribution in [-0.2, 0) is 0 Å². The van der Waals surface area contributed by atoms with E-state index in [9.17, 15) is 9.18 Å². The summed E-state index contributed by atoms with van der Waals surface area (Å²) < 4.78 is 14.9. The first-order valence-electron chi connectivity index (χ1n) is 9.17. The molecule has 1 aliphatic heterocycles. The molecular formula is C20H23ClFN5OS. The number of hydrogen-bond donors (Lipinski definition) is 1. The molecule has 1 aliphatic rings. The Hall–Kier alpha value is -2.29. The van der Waals surface area contributed by atoms with Gasteiger partial charge in [-0.15, -0.1) is 28.8 Å². The third-order valence-electron chi connectivity index (χ3n) is 5.21. The van der Waals surface area contributed by atoms with E-state index in [1.54, 1.807) is 21.7 Å². The Morgan fingerprint density at radius 2 is 2.00 bits per heavy atom. The van der Waals surface area contributed by atoms with Crippen LogP contribution in [0.4, 0.5) is 4.39 Å². The predicted molar refractivity (Wildman–Crippen MR) is 114 cm³/mol. The fourth-order valence-electron chi connectivity index (χ4n) is 3.42.